The minimum atomic E-state index is -0.357. The van der Waals surface area contributed by atoms with Gasteiger partial charge in [-0.15, -0.1) is 0 Å². The molecule has 1 fully saturated rings. The van der Waals surface area contributed by atoms with E-state index in [2.05, 4.69) is 16.0 Å². The highest BCUT2D eigenvalue weighted by Gasteiger charge is 2.25. The number of urea groups is 1. The summed E-state index contributed by atoms with van der Waals surface area (Å²) in [6.45, 7) is 2.06. The molecule has 0 spiro atoms. The van der Waals surface area contributed by atoms with Crippen LogP contribution in [0.2, 0.25) is 0 Å². The monoisotopic (exact) mass is 611 g/mol. The van der Waals surface area contributed by atoms with E-state index in [1.165, 1.54) is 12.1 Å². The maximum Gasteiger partial charge on any atom is 0.321 e. The number of halogens is 1. The summed E-state index contributed by atoms with van der Waals surface area (Å²) in [4.78, 5) is 43.1. The van der Waals surface area contributed by atoms with E-state index in [0.29, 0.717) is 65.9 Å². The van der Waals surface area contributed by atoms with Crippen LogP contribution in [-0.2, 0) is 6.54 Å². The quantitative estimate of drug-likeness (QED) is 0.234. The maximum absolute atomic E-state index is 13.5. The van der Waals surface area contributed by atoms with Crippen molar-refractivity contribution < 1.29 is 28.2 Å². The number of nitrogens with one attached hydrogen (secondary N) is 3. The van der Waals surface area contributed by atoms with Crippen LogP contribution in [0.3, 0.4) is 0 Å². The lowest BCUT2D eigenvalue weighted by molar-refractivity contribution is 0.0949. The zero-order valence-corrected chi connectivity index (χ0v) is 25.0. The molecule has 10 nitrogen and oxygen atoms in total. The highest BCUT2D eigenvalue weighted by atomic mass is 19.1. The highest BCUT2D eigenvalue weighted by molar-refractivity contribution is 6.06. The largest absolute Gasteiger partial charge is 0.497 e. The second-order valence-corrected chi connectivity index (χ2v) is 10.4. The molecule has 1 aliphatic rings. The van der Waals surface area contributed by atoms with Gasteiger partial charge in [0, 0.05) is 55.3 Å². The van der Waals surface area contributed by atoms with Crippen molar-refractivity contribution in [1.29, 1.82) is 0 Å². The van der Waals surface area contributed by atoms with E-state index in [-0.39, 0.29) is 30.2 Å². The fourth-order valence-corrected chi connectivity index (χ4v) is 4.92. The van der Waals surface area contributed by atoms with Crippen LogP contribution in [0.4, 0.5) is 26.2 Å². The molecule has 0 unspecified atom stereocenters. The van der Waals surface area contributed by atoms with Gasteiger partial charge in [0.1, 0.15) is 17.3 Å². The number of anilines is 3. The van der Waals surface area contributed by atoms with E-state index in [9.17, 15) is 18.8 Å². The molecule has 1 aliphatic heterocycles. The predicted molar refractivity (Wildman–Crippen MR) is 171 cm³/mol. The Morgan fingerprint density at radius 1 is 0.711 bits per heavy atom. The fraction of sp³-hybridized carbons (Fsp3) is 0.206. The Kier molecular flexibility index (Phi) is 9.78. The second kappa shape index (κ2) is 14.3. The number of benzene rings is 4. The van der Waals surface area contributed by atoms with Crippen LogP contribution in [0, 0.1) is 5.82 Å². The van der Waals surface area contributed by atoms with Crippen molar-refractivity contribution in [1.82, 2.24) is 10.2 Å². The van der Waals surface area contributed by atoms with E-state index < -0.39 is 0 Å². The molecule has 0 saturated carbocycles. The summed E-state index contributed by atoms with van der Waals surface area (Å²) in [6.07, 6.45) is 0. The van der Waals surface area contributed by atoms with Gasteiger partial charge >= 0.3 is 6.03 Å². The Hall–Kier alpha value is -5.58. The first-order chi connectivity index (χ1) is 21.8. The molecule has 3 N–H and O–H groups in total. The molecule has 0 radical (unpaired) electrons. The third kappa shape index (κ3) is 7.88. The minimum absolute atomic E-state index is 0.195. The van der Waals surface area contributed by atoms with Gasteiger partial charge in [-0.25, -0.2) is 9.18 Å². The van der Waals surface area contributed by atoms with Crippen LogP contribution in [0.25, 0.3) is 0 Å². The van der Waals surface area contributed by atoms with Crippen LogP contribution < -0.4 is 30.3 Å². The van der Waals surface area contributed by atoms with Crippen LogP contribution >= 0.6 is 0 Å². The number of rotatable bonds is 9. The number of hydrogen-bond acceptors (Lipinski definition) is 6. The van der Waals surface area contributed by atoms with E-state index in [4.69, 9.17) is 9.47 Å². The van der Waals surface area contributed by atoms with Crippen molar-refractivity contribution >= 4 is 34.9 Å². The summed E-state index contributed by atoms with van der Waals surface area (Å²) in [5.41, 5.74) is 3.32. The Balaban J connectivity index is 1.30. The van der Waals surface area contributed by atoms with Crippen molar-refractivity contribution in [3.63, 3.8) is 0 Å². The Bertz CT molecular complexity index is 1640. The van der Waals surface area contributed by atoms with Gasteiger partial charge in [-0.3, -0.25) is 9.59 Å². The van der Waals surface area contributed by atoms with E-state index >= 15 is 0 Å². The van der Waals surface area contributed by atoms with Crippen LogP contribution in [0.5, 0.6) is 11.5 Å². The van der Waals surface area contributed by atoms with Gasteiger partial charge in [-0.1, -0.05) is 12.1 Å². The Labute approximate surface area is 260 Å². The smallest absolute Gasteiger partial charge is 0.321 e. The van der Waals surface area contributed by atoms with Crippen LogP contribution in [0.1, 0.15) is 26.3 Å². The maximum atomic E-state index is 13.5. The molecule has 4 aromatic rings. The number of ether oxygens (including phenoxy) is 2. The number of carbonyl (C=O) groups excluding carboxylic acids is 3. The summed E-state index contributed by atoms with van der Waals surface area (Å²) in [7, 11) is 3.14. The van der Waals surface area contributed by atoms with Crippen molar-refractivity contribution in [2.75, 3.05) is 55.9 Å². The van der Waals surface area contributed by atoms with Gasteiger partial charge in [-0.2, -0.15) is 0 Å². The van der Waals surface area contributed by atoms with Crippen LogP contribution in [0.15, 0.2) is 91.0 Å². The summed E-state index contributed by atoms with van der Waals surface area (Å²) in [5, 5.41) is 8.67. The molecular weight excluding hydrogens is 577 g/mol. The number of hydrogen-bond donors (Lipinski definition) is 3. The molecular formula is C34H34FN5O5. The normalized spacial score (nSPS) is 12.7. The summed E-state index contributed by atoms with van der Waals surface area (Å²) in [5.74, 6) is 0.290. The SMILES string of the molecule is COc1ccc(NC(=O)N2CCN(c3ccc(NC(=O)c4ccc(OC)cc4)cc3C(=O)NCc3ccc(F)cc3)CC2)cc1. The second-order valence-electron chi connectivity index (χ2n) is 10.4. The third-order valence-electron chi connectivity index (χ3n) is 7.47. The summed E-state index contributed by atoms with van der Waals surface area (Å²) >= 11 is 0. The van der Waals surface area contributed by atoms with E-state index in [1.54, 1.807) is 98.0 Å². The summed E-state index contributed by atoms with van der Waals surface area (Å²) < 4.78 is 23.7. The zero-order chi connectivity index (χ0) is 31.8. The molecule has 11 heteroatoms. The molecule has 0 aromatic heterocycles. The third-order valence-corrected chi connectivity index (χ3v) is 7.47. The average Bonchev–Trinajstić information content (AvgIpc) is 3.08. The molecule has 0 bridgehead atoms. The molecule has 0 aliphatic carbocycles. The van der Waals surface area contributed by atoms with E-state index in [1.807, 2.05) is 4.90 Å². The minimum Gasteiger partial charge on any atom is -0.497 e. The van der Waals surface area contributed by atoms with Gasteiger partial charge in [0.15, 0.2) is 0 Å². The van der Waals surface area contributed by atoms with Gasteiger partial charge in [-0.05, 0) is 84.4 Å². The number of methoxy groups -OCH3 is 2. The Morgan fingerprint density at radius 2 is 1.31 bits per heavy atom. The van der Waals surface area contributed by atoms with Crippen molar-refractivity contribution in [2.45, 2.75) is 6.54 Å². The molecule has 1 saturated heterocycles. The molecule has 5 rings (SSSR count). The average molecular weight is 612 g/mol. The molecule has 45 heavy (non-hydrogen) atoms. The topological polar surface area (TPSA) is 112 Å². The zero-order valence-electron chi connectivity index (χ0n) is 25.0. The van der Waals surface area contributed by atoms with Crippen molar-refractivity contribution in [2.24, 2.45) is 0 Å². The molecule has 4 aromatic carbocycles. The van der Waals surface area contributed by atoms with E-state index in [0.717, 1.165) is 5.56 Å². The lowest BCUT2D eigenvalue weighted by atomic mass is 10.1. The highest BCUT2D eigenvalue weighted by Crippen LogP contribution is 2.27. The standard InChI is InChI=1S/C34H34FN5O5/c1-44-28-12-5-24(6-13-28)32(41)37-27-11-16-31(30(21-27)33(42)36-22-23-3-7-25(35)8-4-23)39-17-19-40(20-18-39)34(43)38-26-9-14-29(45-2)15-10-26/h3-16,21H,17-20,22H2,1-2H3,(H,36,42)(H,37,41)(H,38,43). The molecule has 0 atom stereocenters. The number of carbonyl (C=O) groups is 3. The summed E-state index contributed by atoms with van der Waals surface area (Å²) in [6, 6.07) is 24.7. The molecule has 1 heterocycles. The van der Waals surface area contributed by atoms with Gasteiger partial charge in [0.2, 0.25) is 0 Å². The first kappa shape index (κ1) is 30.9. The van der Waals surface area contributed by atoms with Crippen molar-refractivity contribution in [3.05, 3.63) is 114 Å². The van der Waals surface area contributed by atoms with Gasteiger partial charge in [0.25, 0.3) is 11.8 Å². The first-order valence-electron chi connectivity index (χ1n) is 14.4. The molecule has 4 amide bonds. The lowest BCUT2D eigenvalue weighted by Gasteiger charge is -2.37. The van der Waals surface area contributed by atoms with Crippen molar-refractivity contribution in [3.8, 4) is 11.5 Å². The molecule has 232 valence electrons. The Morgan fingerprint density at radius 3 is 1.93 bits per heavy atom. The lowest BCUT2D eigenvalue weighted by Crippen LogP contribution is -2.50. The number of amides is 4. The predicted octanol–water partition coefficient (Wildman–Crippen LogP) is 5.38. The number of nitrogens with zero attached hydrogens (tertiary/aromatic N) is 2. The first-order valence-corrected chi connectivity index (χ1v) is 14.4. The van der Waals surface area contributed by atoms with Gasteiger partial charge in [0.05, 0.1) is 19.8 Å². The fourth-order valence-electron chi connectivity index (χ4n) is 4.92. The van der Waals surface area contributed by atoms with Gasteiger partial charge < -0.3 is 35.2 Å². The van der Waals surface area contributed by atoms with Crippen LogP contribution in [-0.4, -0.2) is 63.1 Å². The number of piperazine rings is 1.